The third-order valence-electron chi connectivity index (χ3n) is 2.73. The largest absolute Gasteiger partial charge is 0.398 e. The predicted molar refractivity (Wildman–Crippen MR) is 74.9 cm³/mol. The number of ether oxygens (including phenoxy) is 2. The summed E-state index contributed by atoms with van der Waals surface area (Å²) in [5.74, 6) is 0. The Labute approximate surface area is 114 Å². The predicted octanol–water partition coefficient (Wildman–Crippen LogP) is 2.02. The molecule has 18 heavy (non-hydrogen) atoms. The van der Waals surface area contributed by atoms with Crippen molar-refractivity contribution in [2.45, 2.75) is 6.54 Å². The van der Waals surface area contributed by atoms with Crippen molar-refractivity contribution in [1.29, 1.82) is 0 Å². The summed E-state index contributed by atoms with van der Waals surface area (Å²) in [6.07, 6.45) is 0. The van der Waals surface area contributed by atoms with Crippen LogP contribution in [0.4, 0.5) is 5.69 Å². The third-order valence-corrected chi connectivity index (χ3v) is 2.96. The molecule has 0 aliphatic heterocycles. The fraction of sp³-hybridized carbons (Fsp3) is 0.538. The van der Waals surface area contributed by atoms with Gasteiger partial charge in [-0.1, -0.05) is 17.7 Å². The number of anilines is 1. The third kappa shape index (κ3) is 5.23. The minimum absolute atomic E-state index is 0.664. The molecule has 0 saturated heterocycles. The summed E-state index contributed by atoms with van der Waals surface area (Å²) in [5.41, 5.74) is 7.75. The highest BCUT2D eigenvalue weighted by molar-refractivity contribution is 6.30. The van der Waals surface area contributed by atoms with Crippen LogP contribution in [0.25, 0.3) is 0 Å². The second-order valence-electron chi connectivity index (χ2n) is 4.10. The Morgan fingerprint density at radius 2 is 1.78 bits per heavy atom. The Morgan fingerprint density at radius 3 is 2.28 bits per heavy atom. The summed E-state index contributed by atoms with van der Waals surface area (Å²) in [4.78, 5) is 2.24. The molecule has 5 heteroatoms. The van der Waals surface area contributed by atoms with Crippen LogP contribution < -0.4 is 5.73 Å². The summed E-state index contributed by atoms with van der Waals surface area (Å²) < 4.78 is 10.2. The van der Waals surface area contributed by atoms with Gasteiger partial charge in [0.2, 0.25) is 0 Å². The highest BCUT2D eigenvalue weighted by Gasteiger charge is 2.08. The smallest absolute Gasteiger partial charge is 0.0589 e. The molecule has 0 fully saturated rings. The van der Waals surface area contributed by atoms with Gasteiger partial charge in [-0.15, -0.1) is 0 Å². The van der Waals surface area contributed by atoms with Crippen LogP contribution in [0.1, 0.15) is 5.56 Å². The van der Waals surface area contributed by atoms with Crippen molar-refractivity contribution >= 4 is 17.3 Å². The first kappa shape index (κ1) is 15.2. The number of nitrogen functional groups attached to an aromatic ring is 1. The van der Waals surface area contributed by atoms with Gasteiger partial charge in [0, 0.05) is 44.6 Å². The van der Waals surface area contributed by atoms with Crippen molar-refractivity contribution in [2.75, 3.05) is 46.3 Å². The molecule has 0 saturated carbocycles. The minimum Gasteiger partial charge on any atom is -0.398 e. The summed E-state index contributed by atoms with van der Waals surface area (Å²) in [6, 6.07) is 5.60. The first-order valence-corrected chi connectivity index (χ1v) is 6.29. The van der Waals surface area contributed by atoms with Gasteiger partial charge in [-0.2, -0.15) is 0 Å². The van der Waals surface area contributed by atoms with E-state index in [-0.39, 0.29) is 0 Å². The SMILES string of the molecule is COCCN(CCOC)Cc1ccc(Cl)cc1N. The molecule has 2 N–H and O–H groups in total. The summed E-state index contributed by atoms with van der Waals surface area (Å²) in [7, 11) is 3.40. The molecule has 4 nitrogen and oxygen atoms in total. The number of benzene rings is 1. The summed E-state index contributed by atoms with van der Waals surface area (Å²) >= 11 is 5.89. The molecule has 0 aliphatic carbocycles. The van der Waals surface area contributed by atoms with Gasteiger partial charge in [-0.05, 0) is 17.7 Å². The molecule has 0 amide bonds. The minimum atomic E-state index is 0.664. The first-order valence-electron chi connectivity index (χ1n) is 5.91. The fourth-order valence-corrected chi connectivity index (χ4v) is 1.84. The zero-order chi connectivity index (χ0) is 13.4. The number of hydrogen-bond donors (Lipinski definition) is 1. The van der Waals surface area contributed by atoms with Crippen LogP contribution in [0, 0.1) is 0 Å². The molecule has 0 bridgehead atoms. The standard InChI is InChI=1S/C13H21ClN2O2/c1-17-7-5-16(6-8-18-2)10-11-3-4-12(14)9-13(11)15/h3-4,9H,5-8,10,15H2,1-2H3. The lowest BCUT2D eigenvalue weighted by Crippen LogP contribution is -2.30. The average molecular weight is 273 g/mol. The lowest BCUT2D eigenvalue weighted by atomic mass is 10.1. The second-order valence-corrected chi connectivity index (χ2v) is 4.54. The maximum absolute atomic E-state index is 5.95. The topological polar surface area (TPSA) is 47.7 Å². The molecule has 0 heterocycles. The number of methoxy groups -OCH3 is 2. The molecule has 1 aromatic rings. The van der Waals surface area contributed by atoms with Crippen molar-refractivity contribution in [3.05, 3.63) is 28.8 Å². The molecule has 0 aliphatic rings. The van der Waals surface area contributed by atoms with Crippen molar-refractivity contribution < 1.29 is 9.47 Å². The van der Waals surface area contributed by atoms with Crippen LogP contribution in [0.5, 0.6) is 0 Å². The Bertz CT molecular complexity index is 353. The van der Waals surface area contributed by atoms with Crippen LogP contribution in [0.15, 0.2) is 18.2 Å². The fourth-order valence-electron chi connectivity index (χ4n) is 1.66. The Kier molecular flexibility index (Phi) is 7.05. The first-order chi connectivity index (χ1) is 8.67. The Morgan fingerprint density at radius 1 is 1.17 bits per heavy atom. The van der Waals surface area contributed by atoms with E-state index in [4.69, 9.17) is 26.8 Å². The van der Waals surface area contributed by atoms with Crippen molar-refractivity contribution in [2.24, 2.45) is 0 Å². The van der Waals surface area contributed by atoms with Crippen molar-refractivity contribution in [3.63, 3.8) is 0 Å². The molecule has 0 unspecified atom stereocenters. The molecular formula is C13H21ClN2O2. The summed E-state index contributed by atoms with van der Waals surface area (Å²) in [6.45, 7) is 3.86. The van der Waals surface area contributed by atoms with Gasteiger partial charge in [0.1, 0.15) is 0 Å². The molecule has 1 rings (SSSR count). The second kappa shape index (κ2) is 8.32. The lowest BCUT2D eigenvalue weighted by molar-refractivity contribution is 0.110. The van der Waals surface area contributed by atoms with E-state index < -0.39 is 0 Å². The monoisotopic (exact) mass is 272 g/mol. The van der Waals surface area contributed by atoms with Gasteiger partial charge in [0.25, 0.3) is 0 Å². The normalized spacial score (nSPS) is 11.1. The number of halogens is 1. The molecule has 102 valence electrons. The highest BCUT2D eigenvalue weighted by atomic mass is 35.5. The average Bonchev–Trinajstić information content (AvgIpc) is 2.35. The molecule has 1 aromatic carbocycles. The maximum atomic E-state index is 5.95. The zero-order valence-electron chi connectivity index (χ0n) is 11.0. The van der Waals surface area contributed by atoms with E-state index >= 15 is 0 Å². The number of rotatable bonds is 8. The van der Waals surface area contributed by atoms with Gasteiger partial charge in [0.15, 0.2) is 0 Å². The molecular weight excluding hydrogens is 252 g/mol. The van der Waals surface area contributed by atoms with Gasteiger partial charge in [-0.25, -0.2) is 0 Å². The number of nitrogens with zero attached hydrogens (tertiary/aromatic N) is 1. The van der Waals surface area contributed by atoms with E-state index in [9.17, 15) is 0 Å². The molecule has 0 aromatic heterocycles. The highest BCUT2D eigenvalue weighted by Crippen LogP contribution is 2.19. The van der Waals surface area contributed by atoms with Crippen molar-refractivity contribution in [1.82, 2.24) is 4.90 Å². The molecule has 0 radical (unpaired) electrons. The van der Waals surface area contributed by atoms with Crippen LogP contribution >= 0.6 is 11.6 Å². The van der Waals surface area contributed by atoms with Gasteiger partial charge in [-0.3, -0.25) is 4.90 Å². The Balaban J connectivity index is 2.62. The van der Waals surface area contributed by atoms with E-state index in [1.807, 2.05) is 12.1 Å². The van der Waals surface area contributed by atoms with Crippen LogP contribution in [0.3, 0.4) is 0 Å². The number of nitrogens with two attached hydrogens (primary N) is 1. The van der Waals surface area contributed by atoms with E-state index in [0.717, 1.165) is 30.9 Å². The number of hydrogen-bond acceptors (Lipinski definition) is 4. The maximum Gasteiger partial charge on any atom is 0.0589 e. The van der Waals surface area contributed by atoms with Crippen LogP contribution in [0.2, 0.25) is 5.02 Å². The van der Waals surface area contributed by atoms with Gasteiger partial charge in [0.05, 0.1) is 13.2 Å². The van der Waals surface area contributed by atoms with E-state index in [2.05, 4.69) is 4.90 Å². The molecule has 0 spiro atoms. The van der Waals surface area contributed by atoms with E-state index in [1.165, 1.54) is 0 Å². The molecule has 0 atom stereocenters. The van der Waals surface area contributed by atoms with Crippen molar-refractivity contribution in [3.8, 4) is 0 Å². The van der Waals surface area contributed by atoms with Gasteiger partial charge < -0.3 is 15.2 Å². The van der Waals surface area contributed by atoms with Crippen LogP contribution in [-0.4, -0.2) is 45.4 Å². The Hall–Kier alpha value is -0.810. The van der Waals surface area contributed by atoms with E-state index in [0.29, 0.717) is 18.2 Å². The summed E-state index contributed by atoms with van der Waals surface area (Å²) in [5, 5.41) is 0.664. The zero-order valence-corrected chi connectivity index (χ0v) is 11.7. The van der Waals surface area contributed by atoms with Crippen LogP contribution in [-0.2, 0) is 16.0 Å². The lowest BCUT2D eigenvalue weighted by Gasteiger charge is -2.22. The van der Waals surface area contributed by atoms with Gasteiger partial charge >= 0.3 is 0 Å². The van der Waals surface area contributed by atoms with E-state index in [1.54, 1.807) is 20.3 Å². The quantitative estimate of drug-likeness (QED) is 0.736.